The molecule has 1 aromatic heterocycles. The number of nitrogens with zero attached hydrogens (tertiary/aromatic N) is 2. The van der Waals surface area contributed by atoms with E-state index in [-0.39, 0.29) is 10.9 Å². The van der Waals surface area contributed by atoms with Crippen LogP contribution >= 0.6 is 0 Å². The fourth-order valence-electron chi connectivity index (χ4n) is 2.76. The van der Waals surface area contributed by atoms with Crippen LogP contribution in [0.1, 0.15) is 39.5 Å². The van der Waals surface area contributed by atoms with Crippen LogP contribution in [0.25, 0.3) is 0 Å². The summed E-state index contributed by atoms with van der Waals surface area (Å²) in [6.45, 7) is 4.47. The molecular formula is C14H24N4O2S. The number of aromatic nitrogens is 1. The van der Waals surface area contributed by atoms with Gasteiger partial charge in [0.1, 0.15) is 5.82 Å². The summed E-state index contributed by atoms with van der Waals surface area (Å²) in [7, 11) is -1.85. The molecule has 1 fully saturated rings. The van der Waals surface area contributed by atoms with Gasteiger partial charge in [0.15, 0.2) is 0 Å². The average Bonchev–Trinajstić information content (AvgIpc) is 2.46. The zero-order valence-corrected chi connectivity index (χ0v) is 13.7. The third kappa shape index (κ3) is 3.53. The summed E-state index contributed by atoms with van der Waals surface area (Å²) in [4.78, 5) is 4.16. The largest absolute Gasteiger partial charge is 0.308 e. The number of hydrogen-bond acceptors (Lipinski definition) is 5. The number of nitrogens with two attached hydrogens (primary N) is 1. The van der Waals surface area contributed by atoms with Crippen molar-refractivity contribution >= 4 is 15.8 Å². The molecule has 2 rings (SSSR count). The summed E-state index contributed by atoms with van der Waals surface area (Å²) < 4.78 is 26.9. The van der Waals surface area contributed by atoms with Gasteiger partial charge in [0.05, 0.1) is 4.90 Å². The van der Waals surface area contributed by atoms with Crippen LogP contribution in [0.4, 0.5) is 5.82 Å². The van der Waals surface area contributed by atoms with E-state index < -0.39 is 10.0 Å². The number of hydrogen-bond donors (Lipinski definition) is 2. The Hall–Kier alpha value is -1.18. The maximum absolute atomic E-state index is 12.7. The third-order valence-corrected chi connectivity index (χ3v) is 6.29. The molecule has 0 aromatic carbocycles. The van der Waals surface area contributed by atoms with Gasteiger partial charge in [-0.3, -0.25) is 0 Å². The first-order valence-corrected chi connectivity index (χ1v) is 8.61. The fourth-order valence-corrected chi connectivity index (χ4v) is 4.19. The van der Waals surface area contributed by atoms with Crippen LogP contribution in [-0.2, 0) is 10.0 Å². The predicted octanol–water partition coefficient (Wildman–Crippen LogP) is 1.96. The van der Waals surface area contributed by atoms with Gasteiger partial charge in [-0.1, -0.05) is 13.8 Å². The topological polar surface area (TPSA) is 88.3 Å². The van der Waals surface area contributed by atoms with Gasteiger partial charge in [-0.15, -0.1) is 0 Å². The molecule has 7 heteroatoms. The first-order valence-electron chi connectivity index (χ1n) is 7.17. The first kappa shape index (κ1) is 16.2. The second-order valence-electron chi connectivity index (χ2n) is 6.44. The van der Waals surface area contributed by atoms with Crippen molar-refractivity contribution in [1.29, 1.82) is 0 Å². The molecule has 0 atom stereocenters. The number of pyridine rings is 1. The summed E-state index contributed by atoms with van der Waals surface area (Å²) in [5, 5.41) is 0. The van der Waals surface area contributed by atoms with Gasteiger partial charge in [-0.2, -0.15) is 4.31 Å². The molecule has 1 saturated carbocycles. The highest BCUT2D eigenvalue weighted by Gasteiger charge is 2.34. The molecule has 1 aliphatic carbocycles. The highest BCUT2D eigenvalue weighted by molar-refractivity contribution is 7.89. The Kier molecular flexibility index (Phi) is 4.55. The monoisotopic (exact) mass is 312 g/mol. The number of anilines is 1. The Bertz CT molecular complexity index is 591. The summed E-state index contributed by atoms with van der Waals surface area (Å²) in [5.74, 6) is 5.63. The molecule has 1 aromatic rings. The average molecular weight is 312 g/mol. The lowest BCUT2D eigenvalue weighted by Gasteiger charge is -2.38. The van der Waals surface area contributed by atoms with Crippen LogP contribution < -0.4 is 11.3 Å². The maximum atomic E-state index is 12.7. The molecule has 0 unspecified atom stereocenters. The lowest BCUT2D eigenvalue weighted by Crippen LogP contribution is -2.40. The summed E-state index contributed by atoms with van der Waals surface area (Å²) in [6, 6.07) is 3.02. The van der Waals surface area contributed by atoms with Crippen molar-refractivity contribution in [3.8, 4) is 0 Å². The lowest BCUT2D eigenvalue weighted by atomic mass is 9.76. The van der Waals surface area contributed by atoms with Gasteiger partial charge in [0.2, 0.25) is 10.0 Å². The number of sulfonamides is 1. The smallest absolute Gasteiger partial charge is 0.243 e. The molecule has 0 spiro atoms. The van der Waals surface area contributed by atoms with Crippen LogP contribution in [-0.4, -0.2) is 30.8 Å². The third-order valence-electron chi connectivity index (χ3n) is 4.38. The van der Waals surface area contributed by atoms with Crippen molar-refractivity contribution in [2.45, 2.75) is 50.5 Å². The van der Waals surface area contributed by atoms with E-state index in [1.807, 2.05) is 0 Å². The molecule has 0 amide bonds. The molecule has 1 heterocycles. The number of nitrogens with one attached hydrogen (secondary N) is 1. The SMILES string of the molecule is CN(C1CCC(C)(C)CC1)S(=O)(=O)c1ccnc(NN)c1. The van der Waals surface area contributed by atoms with Crippen molar-refractivity contribution in [1.82, 2.24) is 9.29 Å². The standard InChI is InChI=1S/C14H24N4O2S/c1-14(2)7-4-11(5-8-14)18(3)21(19,20)12-6-9-16-13(10-12)17-15/h6,9-11H,4-5,7-8,15H2,1-3H3,(H,16,17). The van der Waals surface area contributed by atoms with Crippen molar-refractivity contribution in [3.05, 3.63) is 18.3 Å². The quantitative estimate of drug-likeness (QED) is 0.655. The first-order chi connectivity index (χ1) is 9.76. The second-order valence-corrected chi connectivity index (χ2v) is 8.44. The normalized spacial score (nSPS) is 19.7. The maximum Gasteiger partial charge on any atom is 0.243 e. The van der Waals surface area contributed by atoms with E-state index in [9.17, 15) is 8.42 Å². The molecule has 21 heavy (non-hydrogen) atoms. The second kappa shape index (κ2) is 5.90. The minimum absolute atomic E-state index is 0.0606. The Labute approximate surface area is 126 Å². The van der Waals surface area contributed by atoms with E-state index in [1.165, 1.54) is 22.6 Å². The Morgan fingerprint density at radius 1 is 1.38 bits per heavy atom. The van der Waals surface area contributed by atoms with E-state index in [1.54, 1.807) is 7.05 Å². The molecule has 0 radical (unpaired) electrons. The van der Waals surface area contributed by atoms with Crippen molar-refractivity contribution in [2.24, 2.45) is 11.3 Å². The zero-order chi connectivity index (χ0) is 15.7. The zero-order valence-electron chi connectivity index (χ0n) is 12.8. The molecule has 0 bridgehead atoms. The Morgan fingerprint density at radius 2 is 2.00 bits per heavy atom. The van der Waals surface area contributed by atoms with Crippen LogP contribution in [0.15, 0.2) is 23.2 Å². The van der Waals surface area contributed by atoms with Crippen LogP contribution in [0.2, 0.25) is 0 Å². The minimum Gasteiger partial charge on any atom is -0.308 e. The van der Waals surface area contributed by atoms with Crippen molar-refractivity contribution < 1.29 is 8.42 Å². The number of rotatable bonds is 4. The van der Waals surface area contributed by atoms with Crippen LogP contribution in [0, 0.1) is 5.41 Å². The molecule has 1 aliphatic rings. The summed E-state index contributed by atoms with van der Waals surface area (Å²) >= 11 is 0. The van der Waals surface area contributed by atoms with Crippen LogP contribution in [0.5, 0.6) is 0 Å². The van der Waals surface area contributed by atoms with Gasteiger partial charge in [0, 0.05) is 25.4 Å². The summed E-state index contributed by atoms with van der Waals surface area (Å²) in [5.41, 5.74) is 2.69. The fraction of sp³-hybridized carbons (Fsp3) is 0.643. The van der Waals surface area contributed by atoms with E-state index in [4.69, 9.17) is 5.84 Å². The summed E-state index contributed by atoms with van der Waals surface area (Å²) in [6.07, 6.45) is 5.33. The Morgan fingerprint density at radius 3 is 2.57 bits per heavy atom. The molecule has 0 saturated heterocycles. The molecule has 118 valence electrons. The van der Waals surface area contributed by atoms with Gasteiger partial charge in [-0.05, 0) is 37.2 Å². The van der Waals surface area contributed by atoms with Crippen molar-refractivity contribution in [3.63, 3.8) is 0 Å². The van der Waals surface area contributed by atoms with E-state index >= 15 is 0 Å². The van der Waals surface area contributed by atoms with E-state index in [0.29, 0.717) is 11.2 Å². The lowest BCUT2D eigenvalue weighted by molar-refractivity contribution is 0.174. The number of nitrogen functional groups attached to an aromatic ring is 1. The van der Waals surface area contributed by atoms with Gasteiger partial charge in [0.25, 0.3) is 0 Å². The van der Waals surface area contributed by atoms with Gasteiger partial charge >= 0.3 is 0 Å². The van der Waals surface area contributed by atoms with Gasteiger partial charge < -0.3 is 5.43 Å². The minimum atomic E-state index is -3.51. The predicted molar refractivity (Wildman–Crippen MR) is 83.0 cm³/mol. The molecule has 6 nitrogen and oxygen atoms in total. The molecule has 3 N–H and O–H groups in total. The Balaban J connectivity index is 2.19. The van der Waals surface area contributed by atoms with Gasteiger partial charge in [-0.25, -0.2) is 19.2 Å². The van der Waals surface area contributed by atoms with Crippen molar-refractivity contribution in [2.75, 3.05) is 12.5 Å². The van der Waals surface area contributed by atoms with E-state index in [0.717, 1.165) is 25.7 Å². The highest BCUT2D eigenvalue weighted by atomic mass is 32.2. The van der Waals surface area contributed by atoms with E-state index in [2.05, 4.69) is 24.3 Å². The number of hydrazine groups is 1. The molecular weight excluding hydrogens is 288 g/mol. The molecule has 0 aliphatic heterocycles. The van der Waals surface area contributed by atoms with Crippen LogP contribution in [0.3, 0.4) is 0 Å². The highest BCUT2D eigenvalue weighted by Crippen LogP contribution is 2.37.